The molecule has 0 atom stereocenters. The summed E-state index contributed by atoms with van der Waals surface area (Å²) in [7, 11) is 0. The zero-order valence-electron chi connectivity index (χ0n) is 11.2. The highest BCUT2D eigenvalue weighted by molar-refractivity contribution is 5.77. The molecule has 1 aliphatic rings. The van der Waals surface area contributed by atoms with E-state index in [0.717, 1.165) is 25.0 Å². The van der Waals surface area contributed by atoms with Gasteiger partial charge >= 0.3 is 6.18 Å². The molecule has 1 saturated carbocycles. The van der Waals surface area contributed by atoms with Crippen LogP contribution >= 0.6 is 0 Å². The van der Waals surface area contributed by atoms with Gasteiger partial charge in [0.1, 0.15) is 5.75 Å². The van der Waals surface area contributed by atoms with E-state index in [0.29, 0.717) is 6.54 Å². The lowest BCUT2D eigenvalue weighted by Gasteiger charge is -2.13. The normalized spacial score (nSPS) is 16.4. The zero-order chi connectivity index (χ0) is 15.5. The first-order valence-electron chi connectivity index (χ1n) is 6.52. The van der Waals surface area contributed by atoms with Crippen LogP contribution in [0.2, 0.25) is 0 Å². The fourth-order valence-electron chi connectivity index (χ4n) is 1.82. The van der Waals surface area contributed by atoms with Crippen molar-refractivity contribution in [2.24, 2.45) is 5.41 Å². The summed E-state index contributed by atoms with van der Waals surface area (Å²) in [5, 5.41) is 11.7. The Balaban J connectivity index is 1.81. The third-order valence-electron chi connectivity index (χ3n) is 3.48. The van der Waals surface area contributed by atoms with Gasteiger partial charge in [-0.05, 0) is 31.0 Å². The second-order valence-corrected chi connectivity index (χ2v) is 5.25. The Labute approximate surface area is 119 Å². The van der Waals surface area contributed by atoms with Crippen molar-refractivity contribution in [1.29, 1.82) is 0 Å². The molecule has 4 nitrogen and oxygen atoms in total. The van der Waals surface area contributed by atoms with Gasteiger partial charge in [0.2, 0.25) is 0 Å². The lowest BCUT2D eigenvalue weighted by Crippen LogP contribution is -2.35. The van der Waals surface area contributed by atoms with Gasteiger partial charge in [0.15, 0.2) is 6.61 Å². The summed E-state index contributed by atoms with van der Waals surface area (Å²) in [5.74, 6) is -0.435. The number of ether oxygens (including phenoxy) is 1. The molecule has 2 rings (SSSR count). The minimum atomic E-state index is -4.44. The zero-order valence-corrected chi connectivity index (χ0v) is 11.2. The Morgan fingerprint density at radius 3 is 2.67 bits per heavy atom. The molecule has 21 heavy (non-hydrogen) atoms. The number of benzene rings is 1. The highest BCUT2D eigenvalue weighted by Crippen LogP contribution is 2.44. The van der Waals surface area contributed by atoms with Gasteiger partial charge in [-0.15, -0.1) is 0 Å². The van der Waals surface area contributed by atoms with Gasteiger partial charge in [-0.2, -0.15) is 13.2 Å². The standard InChI is InChI=1S/C14H16F3NO3/c15-14(16,17)10-2-1-3-11(6-10)21-7-12(20)18-8-13(9-19)4-5-13/h1-3,6,19H,4-5,7-9H2,(H,18,20). The van der Waals surface area contributed by atoms with Crippen LogP contribution in [0, 0.1) is 5.41 Å². The van der Waals surface area contributed by atoms with Gasteiger partial charge < -0.3 is 15.2 Å². The van der Waals surface area contributed by atoms with Gasteiger partial charge in [0.05, 0.1) is 12.2 Å². The molecule has 1 fully saturated rings. The molecule has 0 aliphatic heterocycles. The largest absolute Gasteiger partial charge is 0.484 e. The van der Waals surface area contributed by atoms with Crippen LogP contribution in [0.1, 0.15) is 18.4 Å². The highest BCUT2D eigenvalue weighted by atomic mass is 19.4. The molecule has 1 aromatic carbocycles. The summed E-state index contributed by atoms with van der Waals surface area (Å²) in [4.78, 5) is 11.5. The van der Waals surface area contributed by atoms with Gasteiger partial charge in [-0.25, -0.2) is 0 Å². The molecule has 1 amide bonds. The number of amides is 1. The van der Waals surface area contributed by atoms with Gasteiger partial charge in [-0.1, -0.05) is 6.07 Å². The Morgan fingerprint density at radius 2 is 2.10 bits per heavy atom. The van der Waals surface area contributed by atoms with Crippen LogP contribution in [0.15, 0.2) is 24.3 Å². The molecule has 1 aliphatic carbocycles. The van der Waals surface area contributed by atoms with Crippen molar-refractivity contribution < 1.29 is 27.8 Å². The predicted molar refractivity (Wildman–Crippen MR) is 68.7 cm³/mol. The molecule has 0 heterocycles. The second-order valence-electron chi connectivity index (χ2n) is 5.25. The number of carbonyl (C=O) groups excluding carboxylic acids is 1. The van der Waals surface area contributed by atoms with E-state index in [4.69, 9.17) is 9.84 Å². The number of aliphatic hydroxyl groups excluding tert-OH is 1. The monoisotopic (exact) mass is 303 g/mol. The molecule has 2 N–H and O–H groups in total. The van der Waals surface area contributed by atoms with E-state index in [-0.39, 0.29) is 24.4 Å². The molecule has 0 spiro atoms. The SMILES string of the molecule is O=C(COc1cccc(C(F)(F)F)c1)NCC1(CO)CC1. The van der Waals surface area contributed by atoms with E-state index < -0.39 is 17.6 Å². The second kappa shape index (κ2) is 5.93. The molecule has 7 heteroatoms. The number of rotatable bonds is 6. The summed E-state index contributed by atoms with van der Waals surface area (Å²) in [6.07, 6.45) is -2.72. The Bertz CT molecular complexity index is 512. The maximum atomic E-state index is 12.5. The number of aliphatic hydroxyl groups is 1. The lowest BCUT2D eigenvalue weighted by molar-refractivity contribution is -0.137. The van der Waals surface area contributed by atoms with Crippen molar-refractivity contribution >= 4 is 5.91 Å². The lowest BCUT2D eigenvalue weighted by atomic mass is 10.1. The van der Waals surface area contributed by atoms with Crippen LogP contribution in [0.5, 0.6) is 5.75 Å². The average Bonchev–Trinajstić information content (AvgIpc) is 3.23. The summed E-state index contributed by atoms with van der Waals surface area (Å²) in [6.45, 7) is 0.0128. The maximum Gasteiger partial charge on any atom is 0.416 e. The molecule has 0 aromatic heterocycles. The molecule has 0 saturated heterocycles. The Hall–Kier alpha value is -1.76. The minimum Gasteiger partial charge on any atom is -0.484 e. The van der Waals surface area contributed by atoms with Crippen molar-refractivity contribution in [3.63, 3.8) is 0 Å². The smallest absolute Gasteiger partial charge is 0.416 e. The fraction of sp³-hybridized carbons (Fsp3) is 0.500. The molecular weight excluding hydrogens is 287 g/mol. The van der Waals surface area contributed by atoms with E-state index in [1.807, 2.05) is 0 Å². The molecule has 116 valence electrons. The number of nitrogens with one attached hydrogen (secondary N) is 1. The molecular formula is C14H16F3NO3. The first-order valence-corrected chi connectivity index (χ1v) is 6.52. The first-order chi connectivity index (χ1) is 9.85. The third-order valence-corrected chi connectivity index (χ3v) is 3.48. The van der Waals surface area contributed by atoms with Crippen molar-refractivity contribution in [2.75, 3.05) is 19.8 Å². The van der Waals surface area contributed by atoms with Crippen LogP contribution in [0.3, 0.4) is 0 Å². The van der Waals surface area contributed by atoms with E-state index in [2.05, 4.69) is 5.32 Å². The highest BCUT2D eigenvalue weighted by Gasteiger charge is 2.42. The van der Waals surface area contributed by atoms with Crippen molar-refractivity contribution in [3.8, 4) is 5.75 Å². The third kappa shape index (κ3) is 4.35. The number of carbonyl (C=O) groups is 1. The Kier molecular flexibility index (Phi) is 4.41. The molecule has 0 unspecified atom stereocenters. The molecule has 1 aromatic rings. The minimum absolute atomic E-state index is 0.0109. The van der Waals surface area contributed by atoms with Crippen LogP contribution in [-0.2, 0) is 11.0 Å². The van der Waals surface area contributed by atoms with Gasteiger partial charge in [0.25, 0.3) is 5.91 Å². The number of hydrogen-bond acceptors (Lipinski definition) is 3. The Morgan fingerprint density at radius 1 is 1.38 bits per heavy atom. The summed E-state index contributed by atoms with van der Waals surface area (Å²) in [6, 6.07) is 4.37. The van der Waals surface area contributed by atoms with E-state index in [1.165, 1.54) is 12.1 Å². The van der Waals surface area contributed by atoms with Gasteiger partial charge in [0, 0.05) is 12.0 Å². The number of alkyl halides is 3. The maximum absolute atomic E-state index is 12.5. The summed E-state index contributed by atoms with van der Waals surface area (Å²) >= 11 is 0. The van der Waals surface area contributed by atoms with E-state index in [1.54, 1.807) is 0 Å². The number of halogens is 3. The average molecular weight is 303 g/mol. The van der Waals surface area contributed by atoms with Crippen LogP contribution < -0.4 is 10.1 Å². The predicted octanol–water partition coefficient (Wildman–Crippen LogP) is 1.97. The fourth-order valence-corrected chi connectivity index (χ4v) is 1.82. The van der Waals surface area contributed by atoms with Crippen molar-refractivity contribution in [3.05, 3.63) is 29.8 Å². The summed E-state index contributed by atoms with van der Waals surface area (Å²) < 4.78 is 42.6. The van der Waals surface area contributed by atoms with Crippen LogP contribution in [0.25, 0.3) is 0 Å². The molecule has 0 radical (unpaired) electrons. The summed E-state index contributed by atoms with van der Waals surface area (Å²) in [5.41, 5.74) is -1.04. The quantitative estimate of drug-likeness (QED) is 0.845. The number of hydrogen-bond donors (Lipinski definition) is 2. The van der Waals surface area contributed by atoms with Crippen molar-refractivity contribution in [1.82, 2.24) is 5.32 Å². The van der Waals surface area contributed by atoms with Crippen LogP contribution in [-0.4, -0.2) is 30.8 Å². The van der Waals surface area contributed by atoms with Gasteiger partial charge in [-0.3, -0.25) is 4.79 Å². The van der Waals surface area contributed by atoms with E-state index >= 15 is 0 Å². The van der Waals surface area contributed by atoms with E-state index in [9.17, 15) is 18.0 Å². The molecule has 0 bridgehead atoms. The topological polar surface area (TPSA) is 58.6 Å². The van der Waals surface area contributed by atoms with Crippen LogP contribution in [0.4, 0.5) is 13.2 Å². The van der Waals surface area contributed by atoms with Crippen molar-refractivity contribution in [2.45, 2.75) is 19.0 Å². The first kappa shape index (κ1) is 15.6.